The van der Waals surface area contributed by atoms with Gasteiger partial charge >= 0.3 is 210 Å². The predicted molar refractivity (Wildman–Crippen MR) is 244 cm³/mol. The van der Waals surface area contributed by atoms with Gasteiger partial charge in [-0.2, -0.15) is 12.6 Å². The molecule has 1 fully saturated rings. The second-order valence-electron chi connectivity index (χ2n) is 12.1. The molecule has 0 bridgehead atoms. The second-order valence-corrected chi connectivity index (χ2v) is 114. The molecule has 7 nitrogen and oxygen atoms in total. The Morgan fingerprint density at radius 2 is 0.731 bits per heavy atom. The Morgan fingerprint density at radius 1 is 0.558 bits per heavy atom. The number of carboxylic acids is 1. The molecule has 1 rings (SSSR count). The number of aliphatic carboxylic acids is 1. The fourth-order valence-electron chi connectivity index (χ4n) is 4.93. The van der Waals surface area contributed by atoms with Crippen molar-refractivity contribution in [2.24, 2.45) is 0 Å². The number of aliphatic hydroxyl groups excluding tert-OH is 3. The van der Waals surface area contributed by atoms with Gasteiger partial charge in [0, 0.05) is 63.4 Å². The minimum absolute atomic E-state index is 0. The Kier molecular flexibility index (Phi) is 78.3. The van der Waals surface area contributed by atoms with E-state index in [-0.39, 0.29) is 71.2 Å². The summed E-state index contributed by atoms with van der Waals surface area (Å²) in [6.45, 7) is 17.2. The molecular formula is C36H88CuO7S4Sn3Zn. The van der Waals surface area contributed by atoms with E-state index in [4.69, 9.17) is 25.2 Å². The van der Waals surface area contributed by atoms with Gasteiger partial charge in [0.15, 0.2) is 0 Å². The van der Waals surface area contributed by atoms with Crippen LogP contribution in [0.4, 0.5) is 0 Å². The van der Waals surface area contributed by atoms with E-state index in [2.05, 4.69) is 82.0 Å². The zero-order valence-electron chi connectivity index (χ0n) is 33.7. The van der Waals surface area contributed by atoms with Gasteiger partial charge in [-0.15, -0.1) is 0 Å². The number of rotatable bonds is 23. The summed E-state index contributed by atoms with van der Waals surface area (Å²) in [5.74, 6) is -0.264. The average molecular weight is 1250 g/mol. The van der Waals surface area contributed by atoms with E-state index in [1.165, 1.54) is 38.5 Å². The van der Waals surface area contributed by atoms with Crippen molar-refractivity contribution >= 4 is 83.8 Å². The van der Waals surface area contributed by atoms with Crippen molar-refractivity contribution in [1.29, 1.82) is 0 Å². The molecule has 1 saturated heterocycles. The Hall–Kier alpha value is 4.21. The number of ether oxygens (including phenoxy) is 2. The van der Waals surface area contributed by atoms with Gasteiger partial charge in [0.25, 0.3) is 5.97 Å². The van der Waals surface area contributed by atoms with Gasteiger partial charge in [-0.3, -0.25) is 4.79 Å². The number of hydrogen-bond donors (Lipinski definition) is 5. The van der Waals surface area contributed by atoms with E-state index in [1.807, 2.05) is 0 Å². The van der Waals surface area contributed by atoms with Crippen LogP contribution in [-0.4, -0.2) is 126 Å². The number of hydrogen-bond acceptors (Lipinski definition) is 10. The summed E-state index contributed by atoms with van der Waals surface area (Å²) in [6, 6.07) is 0. The maximum absolute atomic E-state index is 9.00. The first kappa shape index (κ1) is 73.7. The molecule has 4 N–H and O–H groups in total. The quantitative estimate of drug-likeness (QED) is 0.0500. The molecule has 0 saturated carbocycles. The fourth-order valence-corrected chi connectivity index (χ4v) is 573. The van der Waals surface area contributed by atoms with E-state index < -0.39 is 52.8 Å². The molecule has 1 heterocycles. The van der Waals surface area contributed by atoms with E-state index in [9.17, 15) is 0 Å². The molecule has 0 atom stereocenters. The smallest absolute Gasteiger partial charge is 0.0693 e. The molecule has 16 heteroatoms. The Bertz CT molecular complexity index is 561. The second kappa shape index (κ2) is 55.2. The van der Waals surface area contributed by atoms with Crippen LogP contribution >= 0.6 is 31.0 Å². The molecule has 0 aliphatic carbocycles. The van der Waals surface area contributed by atoms with Gasteiger partial charge in [0.05, 0.1) is 33.0 Å². The zero-order chi connectivity index (χ0) is 37.6. The number of carboxylic acid groups (broad SMARTS) is 1. The predicted octanol–water partition coefficient (Wildman–Crippen LogP) is 11.8. The van der Waals surface area contributed by atoms with Crippen LogP contribution in [0.1, 0.15) is 140 Å². The standard InChI is InChI=1S/6C4H9.2C3H8O2.C2H4O2.C2H6OS.2CH4.Cu.3S.3Sn.Zn/c6*1-3-4-2;2*1-5-3-2-4;1-2(3)4;3-1-2-4;;;;;;;;;;/h6*1,3-4H2,2H3;2*4H,2-3H2,1H3;1H3,(H,3,4);3-4H,1-2H2;2*1H4;;;;;;;;. The van der Waals surface area contributed by atoms with Gasteiger partial charge < -0.3 is 29.9 Å². The first-order chi connectivity index (χ1) is 23.0. The molecule has 1 aliphatic heterocycles. The molecule has 0 unspecified atom stereocenters. The van der Waals surface area contributed by atoms with Crippen molar-refractivity contribution in [3.05, 3.63) is 0 Å². The summed E-state index contributed by atoms with van der Waals surface area (Å²) < 4.78 is 19.4. The molecule has 0 aromatic rings. The minimum atomic E-state index is -2.14. The molecule has 323 valence electrons. The molecular weight excluding hydrogens is 1160 g/mol. The number of carbonyl (C=O) groups is 1. The van der Waals surface area contributed by atoms with Crippen LogP contribution in [0.3, 0.4) is 0 Å². The molecule has 1 radical (unpaired) electrons. The van der Waals surface area contributed by atoms with Gasteiger partial charge in [-0.25, -0.2) is 0 Å². The Labute approximate surface area is 370 Å². The van der Waals surface area contributed by atoms with E-state index >= 15 is 0 Å². The van der Waals surface area contributed by atoms with Gasteiger partial charge in [-0.1, -0.05) is 14.9 Å². The van der Waals surface area contributed by atoms with E-state index in [0.717, 1.165) is 6.92 Å². The minimum Gasteiger partial charge on any atom is -0.396 e. The van der Waals surface area contributed by atoms with E-state index in [0.29, 0.717) is 19.0 Å². The Balaban J connectivity index is -0.000000122. The maximum atomic E-state index is 9.00. The fraction of sp³-hybridized carbons (Fsp3) is 0.972. The van der Waals surface area contributed by atoms with Crippen LogP contribution in [0.15, 0.2) is 0 Å². The van der Waals surface area contributed by atoms with Crippen molar-refractivity contribution < 1.29 is 71.2 Å². The SMILES string of the molecule is C.C.CC(=O)O.CCC[CH2][Sn]1([CH2]CCC)[S][Sn]([CH2]CCC)([CH2]CCC)[S][Sn]([CH2]CCC)([CH2]CCC)[S]1.COCCO.COCCO.OCCS.[Cu].[Zn]. The zero-order valence-corrected chi connectivity index (χ0v) is 49.5. The Morgan fingerprint density at radius 3 is 0.808 bits per heavy atom. The number of aliphatic hydroxyl groups is 3. The average Bonchev–Trinajstić information content (AvgIpc) is 3.07. The first-order valence-electron chi connectivity index (χ1n) is 18.7. The number of thiol groups is 1. The van der Waals surface area contributed by atoms with Crippen molar-refractivity contribution in [3.8, 4) is 0 Å². The van der Waals surface area contributed by atoms with Crippen LogP contribution in [-0.2, 0) is 50.8 Å². The van der Waals surface area contributed by atoms with Crippen LogP contribution in [0.2, 0.25) is 26.6 Å². The van der Waals surface area contributed by atoms with E-state index in [1.54, 1.807) is 79.4 Å². The first-order valence-corrected chi connectivity index (χ1v) is 54.8. The number of unbranched alkanes of at least 4 members (excludes halogenated alkanes) is 6. The van der Waals surface area contributed by atoms with Gasteiger partial charge in [0.1, 0.15) is 0 Å². The normalized spacial score (nSPS) is 14.1. The molecule has 1 aliphatic rings. The number of methoxy groups -OCH3 is 2. The van der Waals surface area contributed by atoms with Crippen molar-refractivity contribution in [2.75, 3.05) is 53.0 Å². The van der Waals surface area contributed by atoms with Crippen LogP contribution in [0.25, 0.3) is 0 Å². The van der Waals surface area contributed by atoms with Crippen LogP contribution in [0.5, 0.6) is 0 Å². The summed E-state index contributed by atoms with van der Waals surface area (Å²) >= 11 is -2.75. The topological polar surface area (TPSA) is 116 Å². The van der Waals surface area contributed by atoms with Crippen molar-refractivity contribution in [3.63, 3.8) is 0 Å². The molecule has 0 spiro atoms. The van der Waals surface area contributed by atoms with Gasteiger partial charge in [-0.05, 0) is 0 Å². The summed E-state index contributed by atoms with van der Waals surface area (Å²) in [4.78, 5) is 9.00. The molecule has 0 amide bonds. The summed E-state index contributed by atoms with van der Waals surface area (Å²) in [6.07, 6.45) is 26.9. The van der Waals surface area contributed by atoms with Crippen molar-refractivity contribution in [2.45, 2.75) is 167 Å². The van der Waals surface area contributed by atoms with Gasteiger partial charge in [0.2, 0.25) is 0 Å². The van der Waals surface area contributed by atoms with Crippen LogP contribution in [0, 0.1) is 0 Å². The summed E-state index contributed by atoms with van der Waals surface area (Å²) in [7, 11) is 3.10. The van der Waals surface area contributed by atoms with Crippen molar-refractivity contribution in [1.82, 2.24) is 0 Å². The maximum Gasteiger partial charge on any atom is 0.0693 e. The molecule has 0 aromatic heterocycles. The third kappa shape index (κ3) is 46.9. The van der Waals surface area contributed by atoms with Crippen LogP contribution < -0.4 is 0 Å². The third-order valence-electron chi connectivity index (χ3n) is 7.27. The molecule has 0 aromatic carbocycles. The largest absolute Gasteiger partial charge is 0.396 e. The monoisotopic (exact) mass is 1250 g/mol. The summed E-state index contributed by atoms with van der Waals surface area (Å²) in [5, 5.41) is 31.1. The third-order valence-corrected chi connectivity index (χ3v) is 260. The summed E-state index contributed by atoms with van der Waals surface area (Å²) in [5.41, 5.74) is 0. The molecule has 52 heavy (non-hydrogen) atoms.